The second-order valence-electron chi connectivity index (χ2n) is 6.52. The van der Waals surface area contributed by atoms with Crippen LogP contribution in [0.2, 0.25) is 0 Å². The average Bonchev–Trinajstić information content (AvgIpc) is 3.24. The minimum Gasteiger partial charge on any atom is -0.454 e. The maximum Gasteiger partial charge on any atom is 0.312 e. The number of ether oxygens (including phenoxy) is 2. The third kappa shape index (κ3) is 4.13. The highest BCUT2D eigenvalue weighted by Gasteiger charge is 2.22. The molecule has 3 N–H and O–H groups in total. The van der Waals surface area contributed by atoms with Crippen molar-refractivity contribution in [1.29, 1.82) is 0 Å². The van der Waals surface area contributed by atoms with Gasteiger partial charge in [0, 0.05) is 23.1 Å². The molecule has 0 spiro atoms. The molecule has 4 rings (SSSR count). The molecular formula is C17H18FIN6O4S. The summed E-state index contributed by atoms with van der Waals surface area (Å²) in [7, 11) is -3.51. The molecule has 0 saturated heterocycles. The lowest BCUT2D eigenvalue weighted by Crippen LogP contribution is -2.28. The minimum atomic E-state index is -3.51. The highest BCUT2D eigenvalue weighted by atomic mass is 127. The first-order valence-electron chi connectivity index (χ1n) is 9.01. The van der Waals surface area contributed by atoms with Crippen molar-refractivity contribution >= 4 is 49.6 Å². The van der Waals surface area contributed by atoms with E-state index in [0.717, 1.165) is 9.13 Å². The van der Waals surface area contributed by atoms with E-state index in [0.29, 0.717) is 23.7 Å². The monoisotopic (exact) mass is 548 g/mol. The molecular weight excluding hydrogens is 530 g/mol. The molecule has 0 bridgehead atoms. The van der Waals surface area contributed by atoms with Crippen LogP contribution < -0.4 is 19.9 Å². The summed E-state index contributed by atoms with van der Waals surface area (Å²) in [6.07, 6.45) is -0.673. The standard InChI is InChI=1S/C17H18FIN6O4S/c1-2-21-30(26,27)4-3-25-13(22-14-15(20)23-17(18)24-16(14)25)6-9-5-11-12(7-10(9)19)29-8-28-11/h5,7,21H,2-4,6,8H2,1H3,(H2,20,23,24). The Morgan fingerprint density at radius 3 is 2.73 bits per heavy atom. The van der Waals surface area contributed by atoms with Crippen LogP contribution in [0.1, 0.15) is 18.3 Å². The van der Waals surface area contributed by atoms with E-state index in [2.05, 4.69) is 42.3 Å². The summed E-state index contributed by atoms with van der Waals surface area (Å²) in [5.41, 5.74) is 7.09. The van der Waals surface area contributed by atoms with Gasteiger partial charge >= 0.3 is 6.08 Å². The quantitative estimate of drug-likeness (QED) is 0.335. The summed E-state index contributed by atoms with van der Waals surface area (Å²) in [4.78, 5) is 11.8. The summed E-state index contributed by atoms with van der Waals surface area (Å²) in [6, 6.07) is 3.70. The van der Waals surface area contributed by atoms with Gasteiger partial charge in [-0.15, -0.1) is 0 Å². The fourth-order valence-corrected chi connectivity index (χ4v) is 4.81. The Hall–Kier alpha value is -2.26. The molecule has 0 fully saturated rings. The fraction of sp³-hybridized carbons (Fsp3) is 0.353. The van der Waals surface area contributed by atoms with Gasteiger partial charge in [-0.05, 0) is 40.3 Å². The van der Waals surface area contributed by atoms with Gasteiger partial charge in [-0.3, -0.25) is 0 Å². The molecule has 0 radical (unpaired) electrons. The number of anilines is 1. The van der Waals surface area contributed by atoms with Crippen molar-refractivity contribution in [3.8, 4) is 11.5 Å². The van der Waals surface area contributed by atoms with Crippen LogP contribution >= 0.6 is 22.6 Å². The summed E-state index contributed by atoms with van der Waals surface area (Å²) in [5.74, 6) is 1.44. The smallest absolute Gasteiger partial charge is 0.312 e. The molecule has 2 aromatic heterocycles. The number of hydrogen-bond donors (Lipinski definition) is 2. The van der Waals surface area contributed by atoms with Crippen LogP contribution in [0.3, 0.4) is 0 Å². The van der Waals surface area contributed by atoms with Gasteiger partial charge in [-0.1, -0.05) is 6.92 Å². The second kappa shape index (κ2) is 8.11. The largest absolute Gasteiger partial charge is 0.454 e. The van der Waals surface area contributed by atoms with Crippen LogP contribution in [0.5, 0.6) is 11.5 Å². The Morgan fingerprint density at radius 2 is 2.00 bits per heavy atom. The highest BCUT2D eigenvalue weighted by Crippen LogP contribution is 2.36. The van der Waals surface area contributed by atoms with Crippen molar-refractivity contribution < 1.29 is 22.3 Å². The molecule has 0 unspecified atom stereocenters. The van der Waals surface area contributed by atoms with E-state index in [1.54, 1.807) is 11.5 Å². The SMILES string of the molecule is CCNS(=O)(=O)CCn1c(Cc2cc3c(cc2I)OCO3)nc2c(N)nc(F)nc21. The van der Waals surface area contributed by atoms with Gasteiger partial charge in [-0.25, -0.2) is 18.1 Å². The lowest BCUT2D eigenvalue weighted by atomic mass is 10.1. The third-order valence-corrected chi connectivity index (χ3v) is 6.96. The van der Waals surface area contributed by atoms with Gasteiger partial charge in [-0.2, -0.15) is 14.4 Å². The number of aromatic nitrogens is 4. The van der Waals surface area contributed by atoms with Gasteiger partial charge in [0.05, 0.1) is 5.75 Å². The molecule has 30 heavy (non-hydrogen) atoms. The number of imidazole rings is 1. The molecule has 1 aliphatic heterocycles. The van der Waals surface area contributed by atoms with Crippen LogP contribution in [0.15, 0.2) is 12.1 Å². The molecule has 0 amide bonds. The van der Waals surface area contributed by atoms with E-state index < -0.39 is 16.1 Å². The number of sulfonamides is 1. The topological polar surface area (TPSA) is 134 Å². The number of aryl methyl sites for hydroxylation is 1. The Morgan fingerprint density at radius 1 is 1.27 bits per heavy atom. The number of rotatable bonds is 7. The zero-order valence-corrected chi connectivity index (χ0v) is 18.8. The number of fused-ring (bicyclic) bond motifs is 2. The molecule has 0 saturated carbocycles. The first-order valence-corrected chi connectivity index (χ1v) is 11.7. The Kier molecular flexibility index (Phi) is 5.67. The second-order valence-corrected chi connectivity index (χ2v) is 9.61. The van der Waals surface area contributed by atoms with Crippen LogP contribution in [0, 0.1) is 9.65 Å². The number of halogens is 2. The molecule has 160 valence electrons. The van der Waals surface area contributed by atoms with E-state index in [4.69, 9.17) is 15.2 Å². The average molecular weight is 548 g/mol. The molecule has 1 aliphatic rings. The van der Waals surface area contributed by atoms with Gasteiger partial charge < -0.3 is 19.8 Å². The highest BCUT2D eigenvalue weighted by molar-refractivity contribution is 14.1. The zero-order valence-electron chi connectivity index (χ0n) is 15.9. The van der Waals surface area contributed by atoms with Crippen LogP contribution in [0.25, 0.3) is 11.2 Å². The Balaban J connectivity index is 1.76. The summed E-state index contributed by atoms with van der Waals surface area (Å²) in [6.45, 7) is 2.15. The first kappa shape index (κ1) is 21.0. The van der Waals surface area contributed by atoms with Crippen LogP contribution in [0.4, 0.5) is 10.2 Å². The predicted octanol–water partition coefficient (Wildman–Crippen LogP) is 1.41. The summed E-state index contributed by atoms with van der Waals surface area (Å²) in [5, 5.41) is 0. The zero-order chi connectivity index (χ0) is 21.5. The van der Waals surface area contributed by atoms with E-state index in [1.165, 1.54) is 0 Å². The lowest BCUT2D eigenvalue weighted by molar-refractivity contribution is 0.174. The number of nitrogens with zero attached hydrogens (tertiary/aromatic N) is 4. The van der Waals surface area contributed by atoms with Gasteiger partial charge in [0.15, 0.2) is 28.5 Å². The number of nitrogens with two attached hydrogens (primary N) is 1. The minimum absolute atomic E-state index is 0.0260. The van der Waals surface area contributed by atoms with Gasteiger partial charge in [0.25, 0.3) is 0 Å². The van der Waals surface area contributed by atoms with Crippen LogP contribution in [-0.4, -0.2) is 47.0 Å². The lowest BCUT2D eigenvalue weighted by Gasteiger charge is -2.11. The summed E-state index contributed by atoms with van der Waals surface area (Å²) >= 11 is 2.18. The Labute approximate surface area is 185 Å². The normalized spacial score (nSPS) is 13.3. The maximum absolute atomic E-state index is 13.8. The number of hydrogen-bond acceptors (Lipinski definition) is 8. The van der Waals surface area contributed by atoms with E-state index in [1.807, 2.05) is 12.1 Å². The third-order valence-electron chi connectivity index (χ3n) is 4.51. The van der Waals surface area contributed by atoms with Crippen molar-refractivity contribution in [3.05, 3.63) is 33.2 Å². The van der Waals surface area contributed by atoms with E-state index in [-0.39, 0.29) is 42.6 Å². The van der Waals surface area contributed by atoms with Crippen molar-refractivity contribution in [2.24, 2.45) is 0 Å². The molecule has 0 aliphatic carbocycles. The summed E-state index contributed by atoms with van der Waals surface area (Å²) < 4.78 is 53.8. The molecule has 13 heteroatoms. The molecule has 0 atom stereocenters. The first-order chi connectivity index (χ1) is 14.3. The number of nitrogen functional groups attached to an aromatic ring is 1. The molecule has 3 heterocycles. The maximum atomic E-state index is 13.8. The van der Waals surface area contributed by atoms with Crippen LogP contribution in [-0.2, 0) is 23.0 Å². The Bertz CT molecular complexity index is 1230. The predicted molar refractivity (Wildman–Crippen MR) is 115 cm³/mol. The number of nitrogens with one attached hydrogen (secondary N) is 1. The van der Waals surface area contributed by atoms with Gasteiger partial charge in [0.1, 0.15) is 5.82 Å². The fourth-order valence-electron chi connectivity index (χ4n) is 3.18. The number of benzene rings is 1. The van der Waals surface area contributed by atoms with Crippen molar-refractivity contribution in [1.82, 2.24) is 24.2 Å². The van der Waals surface area contributed by atoms with Gasteiger partial charge in [0.2, 0.25) is 16.8 Å². The van der Waals surface area contributed by atoms with Crippen molar-refractivity contribution in [2.45, 2.75) is 19.9 Å². The molecule has 3 aromatic rings. The van der Waals surface area contributed by atoms with E-state index in [9.17, 15) is 12.8 Å². The molecule has 10 nitrogen and oxygen atoms in total. The molecule has 1 aromatic carbocycles. The van der Waals surface area contributed by atoms with E-state index >= 15 is 0 Å². The van der Waals surface area contributed by atoms with Crippen molar-refractivity contribution in [2.75, 3.05) is 24.8 Å². The van der Waals surface area contributed by atoms with Crippen molar-refractivity contribution in [3.63, 3.8) is 0 Å².